The molecule has 0 saturated carbocycles. The summed E-state index contributed by atoms with van der Waals surface area (Å²) in [6.07, 6.45) is 4.74. The molecule has 0 aliphatic carbocycles. The zero-order chi connectivity index (χ0) is 7.98. The Morgan fingerprint density at radius 3 is 2.40 bits per heavy atom. The maximum atomic E-state index is 5.66. The summed E-state index contributed by atoms with van der Waals surface area (Å²) in [5, 5.41) is 0. The number of hydrogen-bond donors (Lipinski definition) is 2. The molecule has 0 aliphatic heterocycles. The van der Waals surface area contributed by atoms with Gasteiger partial charge in [0, 0.05) is 12.2 Å². The number of nitrogens with two attached hydrogens (primary N) is 2. The van der Waals surface area contributed by atoms with Gasteiger partial charge < -0.3 is 11.5 Å². The van der Waals surface area contributed by atoms with Crippen LogP contribution in [0, 0.1) is 0 Å². The van der Waals surface area contributed by atoms with Gasteiger partial charge in [-0.3, -0.25) is 0 Å². The Kier molecular flexibility index (Phi) is 4.67. The van der Waals surface area contributed by atoms with Crippen molar-refractivity contribution in [1.82, 2.24) is 0 Å². The molecule has 2 heteroatoms. The van der Waals surface area contributed by atoms with Crippen molar-refractivity contribution in [2.75, 3.05) is 6.54 Å². The lowest BCUT2D eigenvalue weighted by molar-refractivity contribution is 0.979. The summed E-state index contributed by atoms with van der Waals surface area (Å²) in [6, 6.07) is 0. The summed E-state index contributed by atoms with van der Waals surface area (Å²) in [5.74, 6) is 0. The molecule has 0 spiro atoms. The SMILES string of the molecule is C/C=C\C(N)=C(/CC)CN. The van der Waals surface area contributed by atoms with E-state index in [-0.39, 0.29) is 0 Å². The van der Waals surface area contributed by atoms with Crippen LogP contribution in [0.2, 0.25) is 0 Å². The summed E-state index contributed by atoms with van der Waals surface area (Å²) in [6.45, 7) is 4.56. The molecule has 0 atom stereocenters. The van der Waals surface area contributed by atoms with E-state index in [1.165, 1.54) is 0 Å². The fourth-order valence-corrected chi connectivity index (χ4v) is 0.764. The molecule has 0 rings (SSSR count). The smallest absolute Gasteiger partial charge is 0.0315 e. The predicted octanol–water partition coefficient (Wildman–Crippen LogP) is 1.14. The quantitative estimate of drug-likeness (QED) is 0.578. The Labute approximate surface area is 62.6 Å². The highest BCUT2D eigenvalue weighted by Gasteiger charge is 1.93. The number of hydrogen-bond acceptors (Lipinski definition) is 2. The monoisotopic (exact) mass is 140 g/mol. The van der Waals surface area contributed by atoms with E-state index >= 15 is 0 Å². The molecule has 58 valence electrons. The van der Waals surface area contributed by atoms with Crippen LogP contribution in [0.4, 0.5) is 0 Å². The molecule has 0 heterocycles. The highest BCUT2D eigenvalue weighted by Crippen LogP contribution is 2.02. The lowest BCUT2D eigenvalue weighted by Crippen LogP contribution is -2.09. The molecule has 0 radical (unpaired) electrons. The van der Waals surface area contributed by atoms with Gasteiger partial charge in [-0.15, -0.1) is 0 Å². The van der Waals surface area contributed by atoms with E-state index < -0.39 is 0 Å². The third-order valence-electron chi connectivity index (χ3n) is 1.43. The minimum Gasteiger partial charge on any atom is -0.399 e. The first-order chi connectivity index (χ1) is 4.76. The Bertz CT molecular complexity index is 139. The van der Waals surface area contributed by atoms with E-state index in [1.54, 1.807) is 0 Å². The van der Waals surface area contributed by atoms with Crippen LogP contribution in [0.25, 0.3) is 0 Å². The van der Waals surface area contributed by atoms with E-state index in [0.29, 0.717) is 6.54 Å². The molecule has 0 fully saturated rings. The van der Waals surface area contributed by atoms with E-state index in [1.807, 2.05) is 19.1 Å². The number of rotatable bonds is 3. The fraction of sp³-hybridized carbons (Fsp3) is 0.500. The normalized spacial score (nSPS) is 13.9. The van der Waals surface area contributed by atoms with Gasteiger partial charge in [0.2, 0.25) is 0 Å². The van der Waals surface area contributed by atoms with Gasteiger partial charge in [0.1, 0.15) is 0 Å². The molecular formula is C8H16N2. The Morgan fingerprint density at radius 2 is 2.10 bits per heavy atom. The third kappa shape index (κ3) is 2.69. The topological polar surface area (TPSA) is 52.0 Å². The molecule has 0 amide bonds. The van der Waals surface area contributed by atoms with E-state index in [0.717, 1.165) is 17.7 Å². The average Bonchev–Trinajstić information content (AvgIpc) is 1.91. The van der Waals surface area contributed by atoms with Crippen LogP contribution in [-0.4, -0.2) is 6.54 Å². The highest BCUT2D eigenvalue weighted by molar-refractivity contribution is 5.22. The lowest BCUT2D eigenvalue weighted by atomic mass is 10.1. The molecule has 4 N–H and O–H groups in total. The summed E-state index contributed by atoms with van der Waals surface area (Å²) < 4.78 is 0. The van der Waals surface area contributed by atoms with Crippen LogP contribution < -0.4 is 11.5 Å². The van der Waals surface area contributed by atoms with Crippen molar-refractivity contribution in [3.63, 3.8) is 0 Å². The van der Waals surface area contributed by atoms with Gasteiger partial charge in [-0.05, 0) is 25.0 Å². The molecule has 10 heavy (non-hydrogen) atoms. The summed E-state index contributed by atoms with van der Waals surface area (Å²) in [7, 11) is 0. The molecule has 0 aromatic carbocycles. The van der Waals surface area contributed by atoms with Crippen LogP contribution in [0.5, 0.6) is 0 Å². The average molecular weight is 140 g/mol. The number of allylic oxidation sites excluding steroid dienone is 2. The fourth-order valence-electron chi connectivity index (χ4n) is 0.764. The van der Waals surface area contributed by atoms with Gasteiger partial charge in [-0.2, -0.15) is 0 Å². The highest BCUT2D eigenvalue weighted by atomic mass is 14.6. The molecule has 0 saturated heterocycles. The third-order valence-corrected chi connectivity index (χ3v) is 1.43. The van der Waals surface area contributed by atoms with Gasteiger partial charge in [-0.1, -0.05) is 13.0 Å². The summed E-state index contributed by atoms with van der Waals surface area (Å²) in [5.41, 5.74) is 13.0. The van der Waals surface area contributed by atoms with Crippen LogP contribution >= 0.6 is 0 Å². The summed E-state index contributed by atoms with van der Waals surface area (Å²) >= 11 is 0. The maximum absolute atomic E-state index is 5.66. The Morgan fingerprint density at radius 1 is 1.50 bits per heavy atom. The molecular weight excluding hydrogens is 124 g/mol. The molecule has 0 bridgehead atoms. The van der Waals surface area contributed by atoms with Crippen molar-refractivity contribution in [3.8, 4) is 0 Å². The predicted molar refractivity (Wildman–Crippen MR) is 45.4 cm³/mol. The second kappa shape index (κ2) is 5.06. The molecule has 0 unspecified atom stereocenters. The van der Waals surface area contributed by atoms with E-state index in [2.05, 4.69) is 6.92 Å². The van der Waals surface area contributed by atoms with E-state index in [4.69, 9.17) is 11.5 Å². The van der Waals surface area contributed by atoms with Crippen LogP contribution in [0.3, 0.4) is 0 Å². The Hall–Kier alpha value is -0.760. The van der Waals surface area contributed by atoms with Crippen molar-refractivity contribution in [2.45, 2.75) is 20.3 Å². The minimum atomic E-state index is 0.562. The summed E-state index contributed by atoms with van der Waals surface area (Å²) in [4.78, 5) is 0. The minimum absolute atomic E-state index is 0.562. The van der Waals surface area contributed by atoms with Gasteiger partial charge in [0.25, 0.3) is 0 Å². The second-order valence-electron chi connectivity index (χ2n) is 2.12. The van der Waals surface area contributed by atoms with Crippen LogP contribution in [-0.2, 0) is 0 Å². The zero-order valence-corrected chi connectivity index (χ0v) is 6.72. The first-order valence-corrected chi connectivity index (χ1v) is 3.56. The Balaban J connectivity index is 4.27. The first kappa shape index (κ1) is 9.24. The molecule has 0 aromatic rings. The van der Waals surface area contributed by atoms with Crippen molar-refractivity contribution in [3.05, 3.63) is 23.4 Å². The van der Waals surface area contributed by atoms with Crippen molar-refractivity contribution in [2.24, 2.45) is 11.5 Å². The zero-order valence-electron chi connectivity index (χ0n) is 6.72. The van der Waals surface area contributed by atoms with Crippen molar-refractivity contribution >= 4 is 0 Å². The lowest BCUT2D eigenvalue weighted by Gasteiger charge is -2.02. The molecule has 2 nitrogen and oxygen atoms in total. The van der Waals surface area contributed by atoms with Crippen molar-refractivity contribution < 1.29 is 0 Å². The second-order valence-corrected chi connectivity index (χ2v) is 2.12. The van der Waals surface area contributed by atoms with Crippen LogP contribution in [0.15, 0.2) is 23.4 Å². The molecule has 0 aliphatic rings. The van der Waals surface area contributed by atoms with Crippen molar-refractivity contribution in [1.29, 1.82) is 0 Å². The standard InChI is InChI=1S/C8H16N2/c1-3-5-8(10)7(4-2)6-9/h3,5H,4,6,9-10H2,1-2H3/b5-3-,8-7-. The maximum Gasteiger partial charge on any atom is 0.0315 e. The van der Waals surface area contributed by atoms with Gasteiger partial charge in [0.05, 0.1) is 0 Å². The first-order valence-electron chi connectivity index (χ1n) is 3.56. The van der Waals surface area contributed by atoms with Gasteiger partial charge >= 0.3 is 0 Å². The van der Waals surface area contributed by atoms with E-state index in [9.17, 15) is 0 Å². The van der Waals surface area contributed by atoms with Gasteiger partial charge in [0.15, 0.2) is 0 Å². The van der Waals surface area contributed by atoms with Crippen LogP contribution in [0.1, 0.15) is 20.3 Å². The largest absolute Gasteiger partial charge is 0.399 e. The van der Waals surface area contributed by atoms with Gasteiger partial charge in [-0.25, -0.2) is 0 Å². The molecule has 0 aromatic heterocycles.